The zero-order valence-corrected chi connectivity index (χ0v) is 11.8. The minimum Gasteiger partial charge on any atom is -0.501 e. The first kappa shape index (κ1) is 17.1. The van der Waals surface area contributed by atoms with Gasteiger partial charge in [0.2, 0.25) is 0 Å². The molecule has 0 aromatic heterocycles. The van der Waals surface area contributed by atoms with Crippen LogP contribution in [0.1, 0.15) is 11.1 Å². The highest BCUT2D eigenvalue weighted by molar-refractivity contribution is 5.33. The van der Waals surface area contributed by atoms with Crippen molar-refractivity contribution in [3.05, 3.63) is 55.0 Å². The predicted molar refractivity (Wildman–Crippen MR) is 75.9 cm³/mol. The van der Waals surface area contributed by atoms with E-state index in [0.29, 0.717) is 13.2 Å². The first-order valence-corrected chi connectivity index (χ1v) is 5.90. The Morgan fingerprint density at radius 1 is 1.05 bits per heavy atom. The van der Waals surface area contributed by atoms with Crippen molar-refractivity contribution in [3.8, 4) is 5.75 Å². The van der Waals surface area contributed by atoms with E-state index in [1.165, 1.54) is 30.8 Å². The molecule has 1 aromatic rings. The molecule has 1 aromatic carbocycles. The van der Waals surface area contributed by atoms with E-state index in [2.05, 4.69) is 36.6 Å². The molecule has 0 heterocycles. The molecule has 0 bridgehead atoms. The van der Waals surface area contributed by atoms with Crippen molar-refractivity contribution >= 4 is 0 Å². The van der Waals surface area contributed by atoms with E-state index in [1.54, 1.807) is 0 Å². The quantitative estimate of drug-likeness (QED) is 0.249. The second kappa shape index (κ2) is 11.2. The van der Waals surface area contributed by atoms with Crippen LogP contribution in [0.2, 0.25) is 0 Å². The van der Waals surface area contributed by atoms with E-state index in [4.69, 9.17) is 9.62 Å². The van der Waals surface area contributed by atoms with Crippen molar-refractivity contribution in [2.24, 2.45) is 0 Å². The van der Waals surface area contributed by atoms with Crippen LogP contribution in [0.4, 0.5) is 0 Å². The molecule has 0 unspecified atom stereocenters. The van der Waals surface area contributed by atoms with Crippen molar-refractivity contribution in [1.29, 1.82) is 0 Å². The molecule has 19 heavy (non-hydrogen) atoms. The highest BCUT2D eigenvalue weighted by Gasteiger charge is 1.97. The van der Waals surface area contributed by atoms with E-state index in [-0.39, 0.29) is 0 Å². The third kappa shape index (κ3) is 7.89. The molecule has 4 heteroatoms. The number of hydrogen-bond donors (Lipinski definition) is 0. The molecular formula is C15H22O4. The number of methoxy groups -OCH3 is 1. The van der Waals surface area contributed by atoms with Crippen LogP contribution in [-0.2, 0) is 14.5 Å². The van der Waals surface area contributed by atoms with Crippen molar-refractivity contribution in [2.75, 3.05) is 20.3 Å². The fraction of sp³-hybridized carbons (Fsp3) is 0.333. The monoisotopic (exact) mass is 266 g/mol. The van der Waals surface area contributed by atoms with Gasteiger partial charge >= 0.3 is 0 Å². The molecule has 0 aliphatic heterocycles. The number of hydrogen-bond acceptors (Lipinski definition) is 4. The van der Waals surface area contributed by atoms with E-state index in [1.807, 2.05) is 18.2 Å². The molecule has 0 aliphatic rings. The molecule has 0 amide bonds. The highest BCUT2D eigenvalue weighted by Crippen LogP contribution is 2.16. The second-order valence-electron chi connectivity index (χ2n) is 3.52. The summed E-state index contributed by atoms with van der Waals surface area (Å²) in [6.07, 6.45) is 2.69. The summed E-state index contributed by atoms with van der Waals surface area (Å²) in [5.41, 5.74) is 2.46. The fourth-order valence-corrected chi connectivity index (χ4v) is 1.16. The first-order valence-electron chi connectivity index (χ1n) is 5.90. The fourth-order valence-electron chi connectivity index (χ4n) is 1.16. The molecule has 0 radical (unpaired) electrons. The normalized spacial score (nSPS) is 9.63. The molecule has 0 fully saturated rings. The van der Waals surface area contributed by atoms with E-state index < -0.39 is 0 Å². The van der Waals surface area contributed by atoms with Crippen LogP contribution in [0.5, 0.6) is 5.75 Å². The zero-order valence-electron chi connectivity index (χ0n) is 11.8. The second-order valence-corrected chi connectivity index (χ2v) is 3.52. The molecule has 0 saturated heterocycles. The van der Waals surface area contributed by atoms with Crippen molar-refractivity contribution < 1.29 is 19.2 Å². The van der Waals surface area contributed by atoms with Crippen LogP contribution in [-0.4, -0.2) is 20.3 Å². The summed E-state index contributed by atoms with van der Waals surface area (Å²) < 4.78 is 10.1. The summed E-state index contributed by atoms with van der Waals surface area (Å²) in [6.45, 7) is 10.9. The Balaban J connectivity index is 0.00000154. The number of aryl methyl sites for hydroxylation is 2. The molecule has 1 rings (SSSR count). The Morgan fingerprint density at radius 3 is 2.42 bits per heavy atom. The molecule has 0 aliphatic carbocycles. The molecule has 0 N–H and O–H groups in total. The van der Waals surface area contributed by atoms with Gasteiger partial charge in [0.1, 0.15) is 25.2 Å². The summed E-state index contributed by atoms with van der Waals surface area (Å²) in [5, 5.41) is 0. The lowest BCUT2D eigenvalue weighted by Gasteiger charge is -2.07. The Hall–Kier alpha value is -1.94. The predicted octanol–water partition coefficient (Wildman–Crippen LogP) is 3.55. The van der Waals surface area contributed by atoms with E-state index >= 15 is 0 Å². The SMILES string of the molecule is C=C.CO/C=C/OOCCOc1ccc(C)c(C)c1. The van der Waals surface area contributed by atoms with Gasteiger partial charge in [-0.3, -0.25) is 0 Å². The lowest BCUT2D eigenvalue weighted by Crippen LogP contribution is -2.05. The number of benzene rings is 1. The molecule has 0 atom stereocenters. The average Bonchev–Trinajstić information content (AvgIpc) is 2.44. The minimum absolute atomic E-state index is 0.348. The van der Waals surface area contributed by atoms with Gasteiger partial charge in [0.05, 0.1) is 7.11 Å². The Kier molecular flexibility index (Phi) is 10.0. The Morgan fingerprint density at radius 2 is 1.79 bits per heavy atom. The van der Waals surface area contributed by atoms with Crippen LogP contribution >= 0.6 is 0 Å². The molecule has 0 spiro atoms. The van der Waals surface area contributed by atoms with Gasteiger partial charge < -0.3 is 14.4 Å². The van der Waals surface area contributed by atoms with Gasteiger partial charge in [0, 0.05) is 0 Å². The van der Waals surface area contributed by atoms with Gasteiger partial charge in [-0.25, -0.2) is 0 Å². The van der Waals surface area contributed by atoms with Crippen LogP contribution < -0.4 is 4.74 Å². The van der Waals surface area contributed by atoms with Crippen molar-refractivity contribution in [3.63, 3.8) is 0 Å². The van der Waals surface area contributed by atoms with Crippen LogP contribution in [0.25, 0.3) is 0 Å². The molecule has 4 nitrogen and oxygen atoms in total. The van der Waals surface area contributed by atoms with Gasteiger partial charge in [0.25, 0.3) is 0 Å². The van der Waals surface area contributed by atoms with Gasteiger partial charge in [-0.15, -0.1) is 13.2 Å². The van der Waals surface area contributed by atoms with Gasteiger partial charge in [-0.05, 0) is 37.1 Å². The third-order valence-electron chi connectivity index (χ3n) is 2.23. The van der Waals surface area contributed by atoms with E-state index in [0.717, 1.165) is 5.75 Å². The van der Waals surface area contributed by atoms with Crippen molar-refractivity contribution in [1.82, 2.24) is 0 Å². The van der Waals surface area contributed by atoms with Gasteiger partial charge in [0.15, 0.2) is 6.26 Å². The molecular weight excluding hydrogens is 244 g/mol. The maximum Gasteiger partial charge on any atom is 0.163 e. The van der Waals surface area contributed by atoms with Gasteiger partial charge in [-0.1, -0.05) is 6.07 Å². The largest absolute Gasteiger partial charge is 0.501 e. The highest BCUT2D eigenvalue weighted by atomic mass is 17.2. The summed E-state index contributed by atoms with van der Waals surface area (Å²) in [6, 6.07) is 5.97. The summed E-state index contributed by atoms with van der Waals surface area (Å²) in [5.74, 6) is 0.837. The maximum absolute atomic E-state index is 5.49. The Labute approximate surface area is 115 Å². The van der Waals surface area contributed by atoms with Crippen LogP contribution in [0.3, 0.4) is 0 Å². The van der Waals surface area contributed by atoms with Crippen LogP contribution in [0, 0.1) is 13.8 Å². The summed E-state index contributed by atoms with van der Waals surface area (Å²) in [4.78, 5) is 9.49. The van der Waals surface area contributed by atoms with E-state index in [9.17, 15) is 0 Å². The standard InChI is InChI=1S/C13H18O4.C2H4/c1-11-4-5-13(10-12(11)2)15-7-9-17-16-8-6-14-3;1-2/h4-6,8,10H,7,9H2,1-3H3;1-2H2/b8-6+;. The van der Waals surface area contributed by atoms with Gasteiger partial charge in [-0.2, -0.15) is 4.89 Å². The lowest BCUT2D eigenvalue weighted by atomic mass is 10.1. The Bertz CT molecular complexity index is 374. The number of rotatable bonds is 7. The number of ether oxygens (including phenoxy) is 2. The average molecular weight is 266 g/mol. The topological polar surface area (TPSA) is 36.9 Å². The first-order chi connectivity index (χ1) is 9.24. The molecule has 106 valence electrons. The van der Waals surface area contributed by atoms with Crippen molar-refractivity contribution in [2.45, 2.75) is 13.8 Å². The zero-order chi connectivity index (χ0) is 14.5. The summed E-state index contributed by atoms with van der Waals surface area (Å²) >= 11 is 0. The molecule has 0 saturated carbocycles. The minimum atomic E-state index is 0.348. The lowest BCUT2D eigenvalue weighted by molar-refractivity contribution is -0.252. The maximum atomic E-state index is 5.49. The van der Waals surface area contributed by atoms with Crippen LogP contribution in [0.15, 0.2) is 43.9 Å². The smallest absolute Gasteiger partial charge is 0.163 e. The summed E-state index contributed by atoms with van der Waals surface area (Å²) in [7, 11) is 1.53. The third-order valence-corrected chi connectivity index (χ3v) is 2.23.